The Labute approximate surface area is 75.1 Å². The largest absolute Gasteiger partial charge is 0.478 e. The van der Waals surface area contributed by atoms with Crippen LogP contribution in [0.25, 0.3) is 0 Å². The molecule has 13 heavy (non-hydrogen) atoms. The van der Waals surface area contributed by atoms with Gasteiger partial charge in [0, 0.05) is 0 Å². The number of phosphoric acid groups is 2. The predicted molar refractivity (Wildman–Crippen MR) is 46.5 cm³/mol. The van der Waals surface area contributed by atoms with Crippen LogP contribution in [0.4, 0.5) is 0 Å². The molecule has 0 saturated carbocycles. The van der Waals surface area contributed by atoms with Gasteiger partial charge in [0.15, 0.2) is 0 Å². The minimum Gasteiger partial charge on any atom is -0.344 e. The molecule has 0 atom stereocenters. The van der Waals surface area contributed by atoms with E-state index < -0.39 is 15.6 Å². The number of hydrogen-bond acceptors (Lipinski definition) is 5. The van der Waals surface area contributed by atoms with Gasteiger partial charge in [-0.1, -0.05) is 0 Å². The maximum absolute atomic E-state index is 9.63. The van der Waals surface area contributed by atoms with E-state index in [0.717, 1.165) is 0 Å². The molecule has 0 unspecified atom stereocenters. The highest BCUT2D eigenvalue weighted by atomic mass is 31.3. The van der Waals surface area contributed by atoms with Gasteiger partial charge < -0.3 is 31.9 Å². The van der Waals surface area contributed by atoms with E-state index in [1.807, 2.05) is 0 Å². The molecule has 0 aromatic carbocycles. The van der Waals surface area contributed by atoms with E-state index in [2.05, 4.69) is 17.5 Å². The van der Waals surface area contributed by atoms with Crippen LogP contribution in [0, 0.1) is 0 Å². The second-order valence-corrected chi connectivity index (χ2v) is 3.68. The van der Waals surface area contributed by atoms with Crippen molar-refractivity contribution in [1.82, 2.24) is 12.3 Å². The molecule has 10 N–H and O–H groups in total. The van der Waals surface area contributed by atoms with Crippen molar-refractivity contribution in [2.75, 3.05) is 0 Å². The summed E-state index contributed by atoms with van der Waals surface area (Å²) in [6.45, 7) is 6.00. The molecule has 0 amide bonds. The highest BCUT2D eigenvalue weighted by molar-refractivity contribution is 7.60. The Balaban J connectivity index is -0.0000000941. The minimum atomic E-state index is -5.05. The van der Waals surface area contributed by atoms with Crippen molar-refractivity contribution in [3.8, 4) is 0 Å². The standard InChI is InChI=1S/C2H4.2H3N.H4O7P2/c1-2;;;1-8(2,3)7-9(4,5)6/h1-2H2;2*1H3;(H2,1,2,3)(H2,4,5,6). The summed E-state index contributed by atoms with van der Waals surface area (Å²) in [7, 11) is -10.1. The molecule has 9 nitrogen and oxygen atoms in total. The maximum Gasteiger partial charge on any atom is 0.478 e. The monoisotopic (exact) mass is 240 g/mol. The van der Waals surface area contributed by atoms with Crippen LogP contribution in [0.2, 0.25) is 0 Å². The topological polar surface area (TPSA) is 194 Å². The summed E-state index contributed by atoms with van der Waals surface area (Å²) in [5.41, 5.74) is 0. The summed E-state index contributed by atoms with van der Waals surface area (Å²) in [5.74, 6) is 0. The van der Waals surface area contributed by atoms with Crippen molar-refractivity contribution in [2.45, 2.75) is 0 Å². The fourth-order valence-electron chi connectivity index (χ4n) is 0.139. The second kappa shape index (κ2) is 8.52. The fourth-order valence-corrected chi connectivity index (χ4v) is 1.25. The Bertz CT molecular complexity index is 175. The van der Waals surface area contributed by atoms with E-state index in [-0.39, 0.29) is 12.3 Å². The third-order valence-electron chi connectivity index (χ3n) is 0.213. The van der Waals surface area contributed by atoms with Crippen molar-refractivity contribution < 1.29 is 33.0 Å². The van der Waals surface area contributed by atoms with Gasteiger partial charge in [0.1, 0.15) is 0 Å². The van der Waals surface area contributed by atoms with Crippen LogP contribution in [-0.4, -0.2) is 19.6 Å². The predicted octanol–water partition coefficient (Wildman–Crippen LogP) is 0.315. The molecule has 0 saturated heterocycles. The zero-order valence-corrected chi connectivity index (χ0v) is 8.53. The third-order valence-corrected chi connectivity index (χ3v) is 1.91. The molecule has 0 aliphatic heterocycles. The van der Waals surface area contributed by atoms with Crippen LogP contribution < -0.4 is 12.3 Å². The van der Waals surface area contributed by atoms with Crippen LogP contribution in [0.1, 0.15) is 0 Å². The van der Waals surface area contributed by atoms with E-state index in [1.165, 1.54) is 0 Å². The van der Waals surface area contributed by atoms with Crippen molar-refractivity contribution in [3.05, 3.63) is 13.2 Å². The van der Waals surface area contributed by atoms with Gasteiger partial charge in [0.2, 0.25) is 0 Å². The Kier molecular flexibility index (Phi) is 15.1. The molecule has 0 aromatic heterocycles. The highest BCUT2D eigenvalue weighted by Gasteiger charge is 2.27. The van der Waals surface area contributed by atoms with E-state index in [4.69, 9.17) is 19.6 Å². The molecular weight excluding hydrogens is 226 g/mol. The van der Waals surface area contributed by atoms with E-state index in [9.17, 15) is 9.13 Å². The summed E-state index contributed by atoms with van der Waals surface area (Å²) in [4.78, 5) is 31.0. The summed E-state index contributed by atoms with van der Waals surface area (Å²) in [6, 6.07) is 0. The Morgan fingerprint density at radius 3 is 1.00 bits per heavy atom. The minimum absolute atomic E-state index is 0. The average molecular weight is 240 g/mol. The van der Waals surface area contributed by atoms with E-state index >= 15 is 0 Å². The second-order valence-electron chi connectivity index (χ2n) is 1.06. The van der Waals surface area contributed by atoms with Gasteiger partial charge in [-0.15, -0.1) is 13.2 Å². The summed E-state index contributed by atoms with van der Waals surface area (Å²) in [6.07, 6.45) is 0. The molecule has 0 aliphatic carbocycles. The number of rotatable bonds is 2. The molecule has 11 heteroatoms. The van der Waals surface area contributed by atoms with Crippen LogP contribution in [-0.2, 0) is 13.4 Å². The van der Waals surface area contributed by atoms with Crippen molar-refractivity contribution in [3.63, 3.8) is 0 Å². The Hall–Kier alpha value is -0.0800. The van der Waals surface area contributed by atoms with Crippen LogP contribution >= 0.6 is 15.6 Å². The first-order chi connectivity index (χ1) is 4.71. The van der Waals surface area contributed by atoms with E-state index in [1.54, 1.807) is 0 Å². The lowest BCUT2D eigenvalue weighted by Gasteiger charge is -2.03. The summed E-state index contributed by atoms with van der Waals surface area (Å²) in [5, 5.41) is 0. The summed E-state index contributed by atoms with van der Waals surface area (Å²) >= 11 is 0. The summed E-state index contributed by atoms with van der Waals surface area (Å²) < 4.78 is 22.2. The molecule has 0 fully saturated rings. The Morgan fingerprint density at radius 1 is 0.846 bits per heavy atom. The Morgan fingerprint density at radius 2 is 1.00 bits per heavy atom. The van der Waals surface area contributed by atoms with E-state index in [0.29, 0.717) is 0 Å². The average Bonchev–Trinajstić information content (AvgIpc) is 1.60. The van der Waals surface area contributed by atoms with Gasteiger partial charge >= 0.3 is 15.6 Å². The smallest absolute Gasteiger partial charge is 0.344 e. The third kappa shape index (κ3) is 33.5. The molecule has 0 spiro atoms. The zero-order chi connectivity index (χ0) is 9.71. The lowest BCUT2D eigenvalue weighted by atomic mass is 11.3. The van der Waals surface area contributed by atoms with Gasteiger partial charge in [-0.05, 0) is 0 Å². The van der Waals surface area contributed by atoms with Gasteiger partial charge in [-0.25, -0.2) is 9.13 Å². The van der Waals surface area contributed by atoms with Crippen LogP contribution in [0.3, 0.4) is 0 Å². The molecule has 0 radical (unpaired) electrons. The van der Waals surface area contributed by atoms with Crippen LogP contribution in [0.15, 0.2) is 13.2 Å². The van der Waals surface area contributed by atoms with Gasteiger partial charge in [-0.2, -0.15) is 4.31 Å². The van der Waals surface area contributed by atoms with Crippen LogP contribution in [0.5, 0.6) is 0 Å². The number of hydrogen-bond donors (Lipinski definition) is 6. The molecule has 0 rings (SSSR count). The lowest BCUT2D eigenvalue weighted by Crippen LogP contribution is -1.84. The molecule has 0 bridgehead atoms. The first-order valence-corrected chi connectivity index (χ1v) is 5.09. The normalized spacial score (nSPS) is 9.85. The fraction of sp³-hybridized carbons (Fsp3) is 0. The maximum atomic E-state index is 9.63. The van der Waals surface area contributed by atoms with Gasteiger partial charge in [0.05, 0.1) is 0 Å². The highest BCUT2D eigenvalue weighted by Crippen LogP contribution is 2.53. The van der Waals surface area contributed by atoms with Crippen molar-refractivity contribution >= 4 is 15.6 Å². The first-order valence-electron chi connectivity index (χ1n) is 2.03. The molecule has 0 aliphatic rings. The van der Waals surface area contributed by atoms with Crippen molar-refractivity contribution in [2.24, 2.45) is 0 Å². The molecule has 0 aromatic rings. The SMILES string of the molecule is C=C.N.N.O=P(O)(O)OP(=O)(O)O. The molecular formula is C2H14N2O7P2. The van der Waals surface area contributed by atoms with Crippen molar-refractivity contribution in [1.29, 1.82) is 0 Å². The van der Waals surface area contributed by atoms with Gasteiger partial charge in [0.25, 0.3) is 0 Å². The zero-order valence-electron chi connectivity index (χ0n) is 6.74. The lowest BCUT2D eigenvalue weighted by molar-refractivity contribution is 0.225. The quantitative estimate of drug-likeness (QED) is 0.290. The molecule has 84 valence electrons. The molecule has 0 heterocycles. The first kappa shape index (κ1) is 23.1. The van der Waals surface area contributed by atoms with Gasteiger partial charge in [-0.3, -0.25) is 0 Å².